The molecule has 4 nitrogen and oxygen atoms in total. The topological polar surface area (TPSA) is 61.7 Å². The predicted molar refractivity (Wildman–Crippen MR) is 80.4 cm³/mol. The molecule has 0 atom stereocenters. The number of benzene rings is 1. The summed E-state index contributed by atoms with van der Waals surface area (Å²) in [6, 6.07) is 8.94. The maximum atomic E-state index is 12.0. The number of hydrogen-bond acceptors (Lipinski definition) is 4. The number of amides is 1. The molecule has 0 aliphatic rings. The molecule has 1 aromatic heterocycles. The van der Waals surface area contributed by atoms with Crippen LogP contribution in [-0.2, 0) is 0 Å². The first-order valence-corrected chi connectivity index (χ1v) is 7.12. The Morgan fingerprint density at radius 2 is 2.00 bits per heavy atom. The van der Waals surface area contributed by atoms with E-state index in [1.54, 1.807) is 31.2 Å². The lowest BCUT2D eigenvalue weighted by atomic mass is 10.1. The van der Waals surface area contributed by atoms with Crippen molar-refractivity contribution in [1.82, 2.24) is 0 Å². The molecule has 0 spiro atoms. The number of nitrogens with zero attached hydrogens (tertiary/aromatic N) is 1. The zero-order chi connectivity index (χ0) is 13.8. The fourth-order valence-electron chi connectivity index (χ4n) is 1.50. The van der Waals surface area contributed by atoms with Gasteiger partial charge in [0.2, 0.25) is 0 Å². The molecule has 2 aromatic rings. The molecule has 0 aliphatic carbocycles. The first-order chi connectivity index (χ1) is 9.11. The number of nitrogens with one attached hydrogen (secondary N) is 1. The van der Waals surface area contributed by atoms with Crippen molar-refractivity contribution < 1.29 is 10.0 Å². The van der Waals surface area contributed by atoms with Gasteiger partial charge in [-0.3, -0.25) is 4.79 Å². The number of hydrogen-bond donors (Lipinski definition) is 2. The minimum atomic E-state index is -0.151. The minimum absolute atomic E-state index is 0.151. The van der Waals surface area contributed by atoms with Gasteiger partial charge in [-0.15, -0.1) is 11.3 Å². The molecule has 0 saturated carbocycles. The molecule has 0 fully saturated rings. The summed E-state index contributed by atoms with van der Waals surface area (Å²) in [4.78, 5) is 12.6. The molecule has 98 valence electrons. The molecule has 1 heterocycles. The number of carbonyl (C=O) groups excluding carboxylic acids is 1. The van der Waals surface area contributed by atoms with Gasteiger partial charge in [-0.05, 0) is 52.0 Å². The van der Waals surface area contributed by atoms with Crippen molar-refractivity contribution in [3.63, 3.8) is 0 Å². The molecule has 0 radical (unpaired) electrons. The highest BCUT2D eigenvalue weighted by Gasteiger charge is 2.11. The van der Waals surface area contributed by atoms with E-state index in [0.717, 1.165) is 10.0 Å². The summed E-state index contributed by atoms with van der Waals surface area (Å²) >= 11 is 4.70. The Kier molecular flexibility index (Phi) is 4.34. The lowest BCUT2D eigenvalue weighted by molar-refractivity contribution is 0.103. The van der Waals surface area contributed by atoms with Crippen LogP contribution >= 0.6 is 27.3 Å². The Balaban J connectivity index is 2.12. The van der Waals surface area contributed by atoms with E-state index < -0.39 is 0 Å². The Labute approximate surface area is 122 Å². The highest BCUT2D eigenvalue weighted by atomic mass is 79.9. The zero-order valence-electron chi connectivity index (χ0n) is 10.1. The third-order valence-electron chi connectivity index (χ3n) is 2.53. The Morgan fingerprint density at radius 1 is 1.32 bits per heavy atom. The summed E-state index contributed by atoms with van der Waals surface area (Å²) < 4.78 is 0.787. The smallest absolute Gasteiger partial charge is 0.266 e. The van der Waals surface area contributed by atoms with E-state index in [0.29, 0.717) is 16.3 Å². The van der Waals surface area contributed by atoms with E-state index in [1.807, 2.05) is 11.4 Å². The quantitative estimate of drug-likeness (QED) is 0.505. The van der Waals surface area contributed by atoms with Crippen molar-refractivity contribution in [3.05, 3.63) is 50.6 Å². The molecule has 2 rings (SSSR count). The van der Waals surface area contributed by atoms with Crippen molar-refractivity contribution in [2.45, 2.75) is 6.92 Å². The number of oxime groups is 1. The van der Waals surface area contributed by atoms with Crippen LogP contribution in [0, 0.1) is 0 Å². The highest BCUT2D eigenvalue weighted by molar-refractivity contribution is 9.10. The summed E-state index contributed by atoms with van der Waals surface area (Å²) in [6.07, 6.45) is 0. The van der Waals surface area contributed by atoms with E-state index in [9.17, 15) is 4.79 Å². The van der Waals surface area contributed by atoms with Gasteiger partial charge < -0.3 is 10.5 Å². The van der Waals surface area contributed by atoms with Crippen LogP contribution in [0.2, 0.25) is 0 Å². The fraction of sp³-hybridized carbons (Fsp3) is 0.0769. The van der Waals surface area contributed by atoms with Crippen LogP contribution in [0.15, 0.2) is 45.3 Å². The van der Waals surface area contributed by atoms with Crippen LogP contribution in [0.4, 0.5) is 5.69 Å². The van der Waals surface area contributed by atoms with Gasteiger partial charge in [-0.2, -0.15) is 0 Å². The van der Waals surface area contributed by atoms with Crippen LogP contribution in [0.1, 0.15) is 22.2 Å². The summed E-state index contributed by atoms with van der Waals surface area (Å²) in [5, 5.41) is 16.5. The molecule has 0 aliphatic heterocycles. The average molecular weight is 339 g/mol. The Hall–Kier alpha value is -1.66. The van der Waals surface area contributed by atoms with Crippen molar-refractivity contribution in [3.8, 4) is 0 Å². The molecule has 6 heteroatoms. The van der Waals surface area contributed by atoms with Crippen LogP contribution in [-0.4, -0.2) is 16.8 Å². The van der Waals surface area contributed by atoms with E-state index >= 15 is 0 Å². The van der Waals surface area contributed by atoms with Crippen LogP contribution < -0.4 is 5.32 Å². The lowest BCUT2D eigenvalue weighted by Crippen LogP contribution is -2.10. The van der Waals surface area contributed by atoms with Gasteiger partial charge >= 0.3 is 0 Å². The third kappa shape index (κ3) is 3.21. The van der Waals surface area contributed by atoms with Crippen molar-refractivity contribution >= 4 is 44.6 Å². The van der Waals surface area contributed by atoms with Crippen molar-refractivity contribution in [2.24, 2.45) is 5.16 Å². The number of halogens is 1. The van der Waals surface area contributed by atoms with Gasteiger partial charge in [0, 0.05) is 10.2 Å². The second-order valence-corrected chi connectivity index (χ2v) is 5.58. The average Bonchev–Trinajstić information content (AvgIpc) is 2.85. The van der Waals surface area contributed by atoms with Gasteiger partial charge in [-0.25, -0.2) is 0 Å². The maximum Gasteiger partial charge on any atom is 0.266 e. The number of thiophene rings is 1. The highest BCUT2D eigenvalue weighted by Crippen LogP contribution is 2.23. The van der Waals surface area contributed by atoms with E-state index in [1.165, 1.54) is 11.3 Å². The van der Waals surface area contributed by atoms with Crippen LogP contribution in [0.5, 0.6) is 0 Å². The first-order valence-electron chi connectivity index (χ1n) is 5.45. The number of rotatable bonds is 3. The molecular formula is C13H11BrN2O2S. The molecule has 0 saturated heterocycles. The standard InChI is InChI=1S/C13H11BrN2O2S/c1-8(16-18)9-2-4-10(5-3-9)15-13(17)12-11(14)6-7-19-12/h2-7,18H,1H3,(H,15,17). The van der Waals surface area contributed by atoms with E-state index in [2.05, 4.69) is 26.4 Å². The summed E-state index contributed by atoms with van der Waals surface area (Å²) in [5.74, 6) is -0.151. The second kappa shape index (κ2) is 5.99. The minimum Gasteiger partial charge on any atom is -0.411 e. The SMILES string of the molecule is CC(=NO)c1ccc(NC(=O)c2sccc2Br)cc1. The first kappa shape index (κ1) is 13.8. The van der Waals surface area contributed by atoms with Gasteiger partial charge in [0.05, 0.1) is 5.71 Å². The summed E-state index contributed by atoms with van der Waals surface area (Å²) in [6.45, 7) is 1.70. The summed E-state index contributed by atoms with van der Waals surface area (Å²) in [5.41, 5.74) is 2.02. The van der Waals surface area contributed by atoms with Crippen molar-refractivity contribution in [2.75, 3.05) is 5.32 Å². The van der Waals surface area contributed by atoms with Crippen LogP contribution in [0.25, 0.3) is 0 Å². The Bertz CT molecular complexity index is 620. The predicted octanol–water partition coefficient (Wildman–Crippen LogP) is 3.96. The van der Waals surface area contributed by atoms with Crippen molar-refractivity contribution in [1.29, 1.82) is 0 Å². The normalized spacial score (nSPS) is 11.4. The molecule has 19 heavy (non-hydrogen) atoms. The largest absolute Gasteiger partial charge is 0.411 e. The molecule has 0 bridgehead atoms. The van der Waals surface area contributed by atoms with Gasteiger partial charge in [-0.1, -0.05) is 17.3 Å². The third-order valence-corrected chi connectivity index (χ3v) is 4.37. The van der Waals surface area contributed by atoms with Gasteiger partial charge in [0.25, 0.3) is 5.91 Å². The maximum absolute atomic E-state index is 12.0. The molecule has 2 N–H and O–H groups in total. The summed E-state index contributed by atoms with van der Waals surface area (Å²) in [7, 11) is 0. The van der Waals surface area contributed by atoms with E-state index in [-0.39, 0.29) is 5.91 Å². The molecule has 1 amide bonds. The Morgan fingerprint density at radius 3 is 2.53 bits per heavy atom. The molecular weight excluding hydrogens is 328 g/mol. The van der Waals surface area contributed by atoms with Crippen LogP contribution in [0.3, 0.4) is 0 Å². The number of carbonyl (C=O) groups is 1. The molecule has 0 unspecified atom stereocenters. The zero-order valence-corrected chi connectivity index (χ0v) is 12.5. The monoisotopic (exact) mass is 338 g/mol. The second-order valence-electron chi connectivity index (χ2n) is 3.81. The number of anilines is 1. The molecule has 1 aromatic carbocycles. The van der Waals surface area contributed by atoms with Gasteiger partial charge in [0.15, 0.2) is 0 Å². The fourth-order valence-corrected chi connectivity index (χ4v) is 2.94. The van der Waals surface area contributed by atoms with E-state index in [4.69, 9.17) is 5.21 Å². The van der Waals surface area contributed by atoms with Gasteiger partial charge in [0.1, 0.15) is 4.88 Å². The lowest BCUT2D eigenvalue weighted by Gasteiger charge is -2.05.